The smallest absolute Gasteiger partial charge is 0.323 e. The molecule has 0 unspecified atom stereocenters. The number of esters is 2. The summed E-state index contributed by atoms with van der Waals surface area (Å²) in [7, 11) is 0. The molecule has 1 fully saturated rings. The van der Waals surface area contributed by atoms with Crippen LogP contribution < -0.4 is 0 Å². The van der Waals surface area contributed by atoms with Gasteiger partial charge in [-0.05, 0) is 38.5 Å². The Bertz CT molecular complexity index is 338. The highest BCUT2D eigenvalue weighted by atomic mass is 16.6. The molecule has 4 nitrogen and oxygen atoms in total. The maximum Gasteiger partial charge on any atom is 0.323 e. The van der Waals surface area contributed by atoms with Gasteiger partial charge in [-0.3, -0.25) is 9.59 Å². The first-order valence-corrected chi connectivity index (χ1v) is 8.83. The second kappa shape index (κ2) is 9.16. The molecule has 1 saturated carbocycles. The maximum atomic E-state index is 12.6. The molecule has 1 aliphatic carbocycles. The summed E-state index contributed by atoms with van der Waals surface area (Å²) < 4.78 is 10.5. The number of hydrogen-bond acceptors (Lipinski definition) is 4. The van der Waals surface area contributed by atoms with E-state index >= 15 is 0 Å². The van der Waals surface area contributed by atoms with E-state index in [0.29, 0.717) is 12.3 Å². The van der Waals surface area contributed by atoms with E-state index < -0.39 is 17.4 Å². The molecule has 0 atom stereocenters. The van der Waals surface area contributed by atoms with E-state index in [0.717, 1.165) is 6.42 Å². The molecule has 0 radical (unpaired) electrons. The molecule has 128 valence electrons. The summed E-state index contributed by atoms with van der Waals surface area (Å²) in [6, 6.07) is 0. The highest BCUT2D eigenvalue weighted by Gasteiger charge is 2.51. The van der Waals surface area contributed by atoms with Crippen molar-refractivity contribution < 1.29 is 19.1 Å². The number of hydrogen-bond donors (Lipinski definition) is 0. The maximum absolute atomic E-state index is 12.6. The first-order valence-electron chi connectivity index (χ1n) is 8.83. The van der Waals surface area contributed by atoms with E-state index in [-0.39, 0.29) is 19.1 Å². The van der Waals surface area contributed by atoms with Crippen molar-refractivity contribution in [2.45, 2.75) is 72.6 Å². The average Bonchev–Trinajstić information content (AvgIpc) is 2.49. The predicted molar refractivity (Wildman–Crippen MR) is 86.3 cm³/mol. The van der Waals surface area contributed by atoms with Crippen molar-refractivity contribution in [3.8, 4) is 0 Å². The van der Waals surface area contributed by atoms with Crippen molar-refractivity contribution in [2.24, 2.45) is 17.3 Å². The first-order chi connectivity index (χ1) is 10.5. The van der Waals surface area contributed by atoms with Crippen molar-refractivity contribution >= 4 is 11.9 Å². The molecule has 1 rings (SSSR count). The molecule has 0 aromatic carbocycles. The van der Waals surface area contributed by atoms with Gasteiger partial charge in [0, 0.05) is 0 Å². The third-order valence-corrected chi connectivity index (χ3v) is 4.94. The van der Waals surface area contributed by atoms with Crippen LogP contribution in [0.25, 0.3) is 0 Å². The second-order valence-corrected chi connectivity index (χ2v) is 6.61. The standard InChI is InChI=1S/C18H32O4/c1-5-21-16(19)18(14(3)4,17(20)22-6-2)13-12-15-10-8-7-9-11-15/h14-15H,5-13H2,1-4H3. The van der Waals surface area contributed by atoms with Gasteiger partial charge in [0.1, 0.15) is 0 Å². The molecule has 0 N–H and O–H groups in total. The molecular weight excluding hydrogens is 280 g/mol. The lowest BCUT2D eigenvalue weighted by atomic mass is 9.71. The van der Waals surface area contributed by atoms with Crippen molar-refractivity contribution in [3.63, 3.8) is 0 Å². The molecule has 0 aliphatic heterocycles. The summed E-state index contributed by atoms with van der Waals surface area (Å²) in [6.45, 7) is 7.94. The van der Waals surface area contributed by atoms with E-state index in [9.17, 15) is 9.59 Å². The fraction of sp³-hybridized carbons (Fsp3) is 0.889. The Morgan fingerprint density at radius 1 is 1.00 bits per heavy atom. The summed E-state index contributed by atoms with van der Waals surface area (Å²) in [4.78, 5) is 25.1. The number of carbonyl (C=O) groups is 2. The van der Waals surface area contributed by atoms with E-state index in [2.05, 4.69) is 0 Å². The van der Waals surface area contributed by atoms with Gasteiger partial charge in [0.2, 0.25) is 0 Å². The van der Waals surface area contributed by atoms with Gasteiger partial charge in [-0.1, -0.05) is 46.0 Å². The van der Waals surface area contributed by atoms with Crippen LogP contribution in [0.1, 0.15) is 72.6 Å². The largest absolute Gasteiger partial charge is 0.465 e. The Labute approximate surface area is 134 Å². The third kappa shape index (κ3) is 4.47. The van der Waals surface area contributed by atoms with Gasteiger partial charge in [0.25, 0.3) is 0 Å². The summed E-state index contributed by atoms with van der Waals surface area (Å²) >= 11 is 0. The molecule has 0 spiro atoms. The normalized spacial score (nSPS) is 16.6. The molecule has 1 aliphatic rings. The fourth-order valence-electron chi connectivity index (χ4n) is 3.47. The Hall–Kier alpha value is -1.06. The van der Waals surface area contributed by atoms with Crippen LogP contribution in [-0.4, -0.2) is 25.2 Å². The van der Waals surface area contributed by atoms with Crippen molar-refractivity contribution in [1.29, 1.82) is 0 Å². The van der Waals surface area contributed by atoms with E-state index in [1.54, 1.807) is 13.8 Å². The van der Waals surface area contributed by atoms with Crippen LogP contribution in [0.3, 0.4) is 0 Å². The molecular formula is C18H32O4. The predicted octanol–water partition coefficient (Wildman–Crippen LogP) is 4.12. The van der Waals surface area contributed by atoms with Gasteiger partial charge in [-0.25, -0.2) is 0 Å². The summed E-state index contributed by atoms with van der Waals surface area (Å²) in [5.74, 6) is -0.344. The van der Waals surface area contributed by atoms with Crippen LogP contribution in [0.2, 0.25) is 0 Å². The molecule has 0 bridgehead atoms. The van der Waals surface area contributed by atoms with Crippen molar-refractivity contribution in [3.05, 3.63) is 0 Å². The lowest BCUT2D eigenvalue weighted by Gasteiger charge is -2.34. The lowest BCUT2D eigenvalue weighted by Crippen LogP contribution is -2.46. The molecule has 0 aromatic heterocycles. The number of rotatable bonds is 8. The molecule has 0 heterocycles. The van der Waals surface area contributed by atoms with E-state index in [1.807, 2.05) is 13.8 Å². The zero-order valence-electron chi connectivity index (χ0n) is 14.7. The summed E-state index contributed by atoms with van der Waals surface area (Å²) in [5, 5.41) is 0. The van der Waals surface area contributed by atoms with Gasteiger partial charge in [-0.2, -0.15) is 0 Å². The molecule has 22 heavy (non-hydrogen) atoms. The molecule has 0 saturated heterocycles. The Morgan fingerprint density at radius 2 is 1.50 bits per heavy atom. The Balaban J connectivity index is 2.90. The van der Waals surface area contributed by atoms with Gasteiger partial charge in [-0.15, -0.1) is 0 Å². The SMILES string of the molecule is CCOC(=O)C(CCC1CCCCC1)(C(=O)OCC)C(C)C. The number of carbonyl (C=O) groups excluding carboxylic acids is 2. The van der Waals surface area contributed by atoms with Crippen LogP contribution in [0.5, 0.6) is 0 Å². The molecule has 4 heteroatoms. The first kappa shape index (κ1) is 19.0. The molecule has 0 aromatic rings. The topological polar surface area (TPSA) is 52.6 Å². The van der Waals surface area contributed by atoms with Crippen LogP contribution in [-0.2, 0) is 19.1 Å². The van der Waals surface area contributed by atoms with Gasteiger partial charge in [0.15, 0.2) is 5.41 Å². The van der Waals surface area contributed by atoms with Gasteiger partial charge >= 0.3 is 11.9 Å². The quantitative estimate of drug-likeness (QED) is 0.500. The van der Waals surface area contributed by atoms with Crippen molar-refractivity contribution in [1.82, 2.24) is 0 Å². The van der Waals surface area contributed by atoms with E-state index in [4.69, 9.17) is 9.47 Å². The minimum atomic E-state index is -1.15. The van der Waals surface area contributed by atoms with Crippen LogP contribution in [0.15, 0.2) is 0 Å². The average molecular weight is 312 g/mol. The van der Waals surface area contributed by atoms with E-state index in [1.165, 1.54) is 32.1 Å². The second-order valence-electron chi connectivity index (χ2n) is 6.61. The molecule has 0 amide bonds. The highest BCUT2D eigenvalue weighted by Crippen LogP contribution is 2.39. The van der Waals surface area contributed by atoms with Crippen molar-refractivity contribution in [2.75, 3.05) is 13.2 Å². The minimum Gasteiger partial charge on any atom is -0.465 e. The summed E-state index contributed by atoms with van der Waals surface area (Å²) in [6.07, 6.45) is 7.68. The fourth-order valence-corrected chi connectivity index (χ4v) is 3.47. The lowest BCUT2D eigenvalue weighted by molar-refractivity contribution is -0.177. The van der Waals surface area contributed by atoms with Gasteiger partial charge < -0.3 is 9.47 Å². The highest BCUT2D eigenvalue weighted by molar-refractivity contribution is 6.00. The number of ether oxygens (including phenoxy) is 2. The van der Waals surface area contributed by atoms with Crippen LogP contribution >= 0.6 is 0 Å². The monoisotopic (exact) mass is 312 g/mol. The Kier molecular flexibility index (Phi) is 7.91. The Morgan fingerprint density at radius 3 is 1.91 bits per heavy atom. The zero-order valence-corrected chi connectivity index (χ0v) is 14.7. The van der Waals surface area contributed by atoms with Gasteiger partial charge in [0.05, 0.1) is 13.2 Å². The zero-order chi connectivity index (χ0) is 16.6. The van der Waals surface area contributed by atoms with Crippen LogP contribution in [0.4, 0.5) is 0 Å². The summed E-state index contributed by atoms with van der Waals surface area (Å²) in [5.41, 5.74) is -1.15. The minimum absolute atomic E-state index is 0.130. The van der Waals surface area contributed by atoms with Crippen LogP contribution in [0, 0.1) is 17.3 Å². The third-order valence-electron chi connectivity index (χ3n) is 4.94.